The van der Waals surface area contributed by atoms with E-state index in [9.17, 15) is 9.90 Å². The summed E-state index contributed by atoms with van der Waals surface area (Å²) in [6, 6.07) is 4.87. The first-order valence-electron chi connectivity index (χ1n) is 5.10. The summed E-state index contributed by atoms with van der Waals surface area (Å²) in [5.41, 5.74) is 0.608. The third-order valence-corrected chi connectivity index (χ3v) is 2.38. The number of amides is 1. The van der Waals surface area contributed by atoms with E-state index in [1.54, 1.807) is 18.2 Å². The number of nitrogens with one attached hydrogen (secondary N) is 1. The Bertz CT molecular complexity index is 410. The molecule has 1 aromatic rings. The molecule has 1 saturated heterocycles. The lowest BCUT2D eigenvalue weighted by Crippen LogP contribution is -2.18. The minimum atomic E-state index is -0.466. The van der Waals surface area contributed by atoms with Gasteiger partial charge in [-0.15, -0.1) is 12.4 Å². The lowest BCUT2D eigenvalue weighted by molar-refractivity contribution is 0.176. The van der Waals surface area contributed by atoms with Crippen molar-refractivity contribution in [3.05, 3.63) is 23.8 Å². The van der Waals surface area contributed by atoms with Crippen molar-refractivity contribution >= 4 is 18.5 Å². The average molecular weight is 260 g/mol. The molecule has 0 bridgehead atoms. The van der Waals surface area contributed by atoms with Gasteiger partial charge in [-0.2, -0.15) is 0 Å². The van der Waals surface area contributed by atoms with E-state index in [1.165, 1.54) is 0 Å². The van der Waals surface area contributed by atoms with Crippen LogP contribution in [0.3, 0.4) is 0 Å². The van der Waals surface area contributed by atoms with Crippen molar-refractivity contribution in [2.24, 2.45) is 0 Å². The van der Waals surface area contributed by atoms with Gasteiger partial charge in [0, 0.05) is 5.56 Å². The molecule has 0 radical (unpaired) electrons. The van der Waals surface area contributed by atoms with Crippen LogP contribution in [0.15, 0.2) is 18.2 Å². The number of rotatable bonds is 3. The lowest BCUT2D eigenvalue weighted by atomic mass is 10.1. The Morgan fingerprint density at radius 1 is 1.59 bits per heavy atom. The zero-order chi connectivity index (χ0) is 11.5. The molecular formula is C11H14ClNO4. The van der Waals surface area contributed by atoms with Crippen LogP contribution in [0.5, 0.6) is 11.5 Å². The molecule has 1 fully saturated rings. The van der Waals surface area contributed by atoms with Gasteiger partial charge < -0.3 is 19.9 Å². The zero-order valence-corrected chi connectivity index (χ0v) is 10.1. The molecule has 0 unspecified atom stereocenters. The molecule has 94 valence electrons. The molecule has 17 heavy (non-hydrogen) atoms. The van der Waals surface area contributed by atoms with Crippen molar-refractivity contribution in [3.8, 4) is 11.5 Å². The van der Waals surface area contributed by atoms with Gasteiger partial charge in [0.15, 0.2) is 11.5 Å². The number of carbonyl (C=O) groups is 1. The van der Waals surface area contributed by atoms with Crippen molar-refractivity contribution < 1.29 is 19.4 Å². The molecular weight excluding hydrogens is 246 g/mol. The van der Waals surface area contributed by atoms with Crippen LogP contribution in [0.1, 0.15) is 18.5 Å². The van der Waals surface area contributed by atoms with Gasteiger partial charge in [-0.05, 0) is 13.0 Å². The maximum absolute atomic E-state index is 10.9. The first-order chi connectivity index (χ1) is 7.72. The number of carbonyl (C=O) groups excluding carboxylic acids is 1. The molecule has 0 aromatic heterocycles. The highest BCUT2D eigenvalue weighted by Gasteiger charge is 2.27. The van der Waals surface area contributed by atoms with Crippen molar-refractivity contribution in [3.63, 3.8) is 0 Å². The van der Waals surface area contributed by atoms with Gasteiger partial charge in [-0.1, -0.05) is 12.1 Å². The Labute approximate surface area is 105 Å². The summed E-state index contributed by atoms with van der Waals surface area (Å²) in [6.45, 7) is 2.54. The Morgan fingerprint density at radius 3 is 2.94 bits per heavy atom. The number of para-hydroxylation sites is 1. The predicted octanol–water partition coefficient (Wildman–Crippen LogP) is 1.99. The average Bonchev–Trinajstić information content (AvgIpc) is 2.68. The van der Waals surface area contributed by atoms with E-state index in [0.29, 0.717) is 17.9 Å². The smallest absolute Gasteiger partial charge is 0.407 e. The summed E-state index contributed by atoms with van der Waals surface area (Å²) in [7, 11) is 0. The maximum Gasteiger partial charge on any atom is 0.407 e. The number of hydrogen-bond donors (Lipinski definition) is 2. The van der Waals surface area contributed by atoms with E-state index in [-0.39, 0.29) is 30.8 Å². The van der Waals surface area contributed by atoms with E-state index in [1.807, 2.05) is 6.92 Å². The summed E-state index contributed by atoms with van der Waals surface area (Å²) in [4.78, 5) is 10.9. The number of alkyl carbamates (subject to hydrolysis) is 1. The highest BCUT2D eigenvalue weighted by molar-refractivity contribution is 5.85. The minimum Gasteiger partial charge on any atom is -0.504 e. The molecule has 1 aliphatic heterocycles. The number of phenols is 1. The third-order valence-electron chi connectivity index (χ3n) is 2.38. The molecule has 1 heterocycles. The normalized spacial score (nSPS) is 17.9. The Kier molecular flexibility index (Phi) is 4.45. The highest BCUT2D eigenvalue weighted by atomic mass is 35.5. The Hall–Kier alpha value is -1.62. The van der Waals surface area contributed by atoms with E-state index in [2.05, 4.69) is 5.32 Å². The predicted molar refractivity (Wildman–Crippen MR) is 63.7 cm³/mol. The van der Waals surface area contributed by atoms with E-state index in [0.717, 1.165) is 0 Å². The molecule has 1 aliphatic rings. The molecule has 1 aromatic carbocycles. The molecule has 0 saturated carbocycles. The van der Waals surface area contributed by atoms with Crippen LogP contribution in [0.25, 0.3) is 0 Å². The molecule has 5 nitrogen and oxygen atoms in total. The van der Waals surface area contributed by atoms with Crippen molar-refractivity contribution in [2.75, 3.05) is 13.2 Å². The second-order valence-electron chi connectivity index (χ2n) is 3.42. The lowest BCUT2D eigenvalue weighted by Gasteiger charge is -2.13. The SMILES string of the molecule is CCOc1cccc([C@@H]2COC(=O)N2)c1O.Cl. The first kappa shape index (κ1) is 13.4. The number of phenolic OH excluding ortho intramolecular Hbond substituents is 1. The molecule has 1 amide bonds. The number of ether oxygens (including phenoxy) is 2. The second-order valence-corrected chi connectivity index (χ2v) is 3.42. The topological polar surface area (TPSA) is 67.8 Å². The van der Waals surface area contributed by atoms with Gasteiger partial charge in [0.1, 0.15) is 6.61 Å². The van der Waals surface area contributed by atoms with E-state index < -0.39 is 6.09 Å². The molecule has 2 rings (SSSR count). The number of hydrogen-bond acceptors (Lipinski definition) is 4. The quantitative estimate of drug-likeness (QED) is 0.871. The summed E-state index contributed by atoms with van der Waals surface area (Å²) in [5.74, 6) is 0.473. The van der Waals surface area contributed by atoms with Crippen LogP contribution in [-0.2, 0) is 4.74 Å². The van der Waals surface area contributed by atoms with Crippen LogP contribution in [0, 0.1) is 0 Å². The summed E-state index contributed by atoms with van der Waals surface area (Å²) in [6.07, 6.45) is -0.466. The fraction of sp³-hybridized carbons (Fsp3) is 0.364. The van der Waals surface area contributed by atoms with Crippen molar-refractivity contribution in [2.45, 2.75) is 13.0 Å². The van der Waals surface area contributed by atoms with Crippen LogP contribution < -0.4 is 10.1 Å². The van der Waals surface area contributed by atoms with E-state index in [4.69, 9.17) is 9.47 Å². The monoisotopic (exact) mass is 259 g/mol. The fourth-order valence-corrected chi connectivity index (χ4v) is 1.64. The summed E-state index contributed by atoms with van der Waals surface area (Å²) >= 11 is 0. The van der Waals surface area contributed by atoms with Gasteiger partial charge in [-0.25, -0.2) is 4.79 Å². The largest absolute Gasteiger partial charge is 0.504 e. The third kappa shape index (κ3) is 2.74. The molecule has 0 aliphatic carbocycles. The van der Waals surface area contributed by atoms with Crippen molar-refractivity contribution in [1.82, 2.24) is 5.32 Å². The van der Waals surface area contributed by atoms with Gasteiger partial charge >= 0.3 is 6.09 Å². The Morgan fingerprint density at radius 2 is 2.35 bits per heavy atom. The number of benzene rings is 1. The van der Waals surface area contributed by atoms with Crippen LogP contribution in [0.2, 0.25) is 0 Å². The fourth-order valence-electron chi connectivity index (χ4n) is 1.64. The number of halogens is 1. The van der Waals surface area contributed by atoms with Crippen molar-refractivity contribution in [1.29, 1.82) is 0 Å². The standard InChI is InChI=1S/C11H13NO4.ClH/c1-2-15-9-5-3-4-7(10(9)13)8-6-16-11(14)12-8;/h3-5,8,13H,2,6H2,1H3,(H,12,14);1H/t8-;/m0./s1. The molecule has 1 atom stereocenters. The zero-order valence-electron chi connectivity index (χ0n) is 9.30. The number of aromatic hydroxyl groups is 1. The first-order valence-corrected chi connectivity index (χ1v) is 5.10. The van der Waals surface area contributed by atoms with Gasteiger partial charge in [0.25, 0.3) is 0 Å². The second kappa shape index (κ2) is 5.63. The summed E-state index contributed by atoms with van der Waals surface area (Å²) in [5, 5.41) is 12.5. The molecule has 2 N–H and O–H groups in total. The Balaban J connectivity index is 0.00000144. The van der Waals surface area contributed by atoms with Gasteiger partial charge in [-0.3, -0.25) is 0 Å². The van der Waals surface area contributed by atoms with Gasteiger partial charge in [0.05, 0.1) is 12.6 Å². The number of cyclic esters (lactones) is 1. The van der Waals surface area contributed by atoms with Gasteiger partial charge in [0.2, 0.25) is 0 Å². The summed E-state index contributed by atoms with van der Waals surface area (Å²) < 4.78 is 10.0. The van der Waals surface area contributed by atoms with E-state index >= 15 is 0 Å². The van der Waals surface area contributed by atoms with Crippen LogP contribution in [0.4, 0.5) is 4.79 Å². The van der Waals surface area contributed by atoms with Crippen LogP contribution >= 0.6 is 12.4 Å². The molecule has 0 spiro atoms. The highest BCUT2D eigenvalue weighted by Crippen LogP contribution is 2.34. The minimum absolute atomic E-state index is 0. The van der Waals surface area contributed by atoms with Crippen LogP contribution in [-0.4, -0.2) is 24.4 Å². The molecule has 6 heteroatoms. The maximum atomic E-state index is 10.9.